The van der Waals surface area contributed by atoms with E-state index in [2.05, 4.69) is 29.4 Å². The minimum atomic E-state index is -0.420. The van der Waals surface area contributed by atoms with E-state index in [-0.39, 0.29) is 23.7 Å². The van der Waals surface area contributed by atoms with Crippen LogP contribution in [0.2, 0.25) is 0 Å². The fourth-order valence-corrected chi connectivity index (χ4v) is 5.77. The average Bonchev–Trinajstić information content (AvgIpc) is 3.09. The number of carbonyl (C=O) groups excluding carboxylic acids is 2. The highest BCUT2D eigenvalue weighted by molar-refractivity contribution is 6.08. The van der Waals surface area contributed by atoms with Crippen LogP contribution in [0.1, 0.15) is 46.6 Å². The first-order chi connectivity index (χ1) is 15.7. The van der Waals surface area contributed by atoms with Crippen molar-refractivity contribution in [2.45, 2.75) is 18.8 Å². The third-order valence-electron chi connectivity index (χ3n) is 6.96. The van der Waals surface area contributed by atoms with Gasteiger partial charge in [0.15, 0.2) is 0 Å². The largest absolute Gasteiger partial charge is 0.493 e. The predicted octanol–water partition coefficient (Wildman–Crippen LogP) is 4.31. The fourth-order valence-electron chi connectivity index (χ4n) is 5.77. The maximum absolute atomic E-state index is 13.6. The van der Waals surface area contributed by atoms with Crippen LogP contribution < -0.4 is 4.74 Å². The quantitative estimate of drug-likeness (QED) is 0.465. The van der Waals surface area contributed by atoms with Gasteiger partial charge in [0.25, 0.3) is 11.8 Å². The van der Waals surface area contributed by atoms with Gasteiger partial charge in [0.2, 0.25) is 0 Å². The third-order valence-corrected chi connectivity index (χ3v) is 6.96. The maximum Gasteiger partial charge on any atom is 0.254 e. The summed E-state index contributed by atoms with van der Waals surface area (Å²) in [6.07, 6.45) is 1.56. The second kappa shape index (κ2) is 7.16. The van der Waals surface area contributed by atoms with Crippen LogP contribution in [-0.4, -0.2) is 29.6 Å². The Morgan fingerprint density at radius 1 is 0.781 bits per heavy atom. The summed E-state index contributed by atoms with van der Waals surface area (Å²) >= 11 is 0. The van der Waals surface area contributed by atoms with Gasteiger partial charge in [0.05, 0.1) is 24.7 Å². The summed E-state index contributed by atoms with van der Waals surface area (Å²) < 4.78 is 5.65. The van der Waals surface area contributed by atoms with Crippen LogP contribution in [0.5, 0.6) is 5.75 Å². The van der Waals surface area contributed by atoms with Crippen LogP contribution in [0.4, 0.5) is 0 Å². The highest BCUT2D eigenvalue weighted by atomic mass is 16.5. The Morgan fingerprint density at radius 2 is 1.25 bits per heavy atom. The Hall–Kier alpha value is -3.73. The lowest BCUT2D eigenvalue weighted by Crippen LogP contribution is -2.41. The lowest BCUT2D eigenvalue weighted by atomic mass is 9.55. The molecule has 2 amide bonds. The SMILES string of the molecule is CCOc1ccccc1/C=N\N1C(=O)[C@H]2C3c4ccccc4C(c4ccccc43)[C@@H]2C1=O. The van der Waals surface area contributed by atoms with E-state index in [9.17, 15) is 9.59 Å². The van der Waals surface area contributed by atoms with E-state index >= 15 is 0 Å². The van der Waals surface area contributed by atoms with Gasteiger partial charge < -0.3 is 4.74 Å². The molecule has 0 saturated carbocycles. The first-order valence-corrected chi connectivity index (χ1v) is 11.0. The monoisotopic (exact) mass is 422 g/mol. The Balaban J connectivity index is 1.42. The normalized spacial score (nSPS) is 25.1. The summed E-state index contributed by atoms with van der Waals surface area (Å²) in [6.45, 7) is 2.44. The van der Waals surface area contributed by atoms with Gasteiger partial charge in [-0.25, -0.2) is 0 Å². The molecule has 3 aromatic carbocycles. The third kappa shape index (κ3) is 2.54. The first-order valence-electron chi connectivity index (χ1n) is 11.0. The molecule has 3 aromatic rings. The maximum atomic E-state index is 13.6. The van der Waals surface area contributed by atoms with Crippen molar-refractivity contribution in [2.24, 2.45) is 16.9 Å². The molecule has 5 heteroatoms. The van der Waals surface area contributed by atoms with Crippen LogP contribution in [-0.2, 0) is 9.59 Å². The van der Waals surface area contributed by atoms with Crippen LogP contribution >= 0.6 is 0 Å². The highest BCUT2D eigenvalue weighted by Crippen LogP contribution is 2.60. The highest BCUT2D eigenvalue weighted by Gasteiger charge is 2.61. The number of rotatable bonds is 4. The first kappa shape index (κ1) is 19.0. The van der Waals surface area contributed by atoms with E-state index in [0.29, 0.717) is 12.4 Å². The molecular weight excluding hydrogens is 400 g/mol. The number of benzene rings is 3. The van der Waals surface area contributed by atoms with Crippen LogP contribution in [0.15, 0.2) is 77.9 Å². The molecule has 1 saturated heterocycles. The number of nitrogens with zero attached hydrogens (tertiary/aromatic N) is 2. The van der Waals surface area contributed by atoms with E-state index in [4.69, 9.17) is 4.74 Å². The summed E-state index contributed by atoms with van der Waals surface area (Å²) in [5, 5.41) is 5.47. The van der Waals surface area contributed by atoms with Crippen molar-refractivity contribution in [1.29, 1.82) is 0 Å². The number of hydrazone groups is 1. The van der Waals surface area contributed by atoms with Gasteiger partial charge in [-0.1, -0.05) is 60.7 Å². The minimum Gasteiger partial charge on any atom is -0.493 e. The molecule has 4 aliphatic rings. The number of amides is 2. The van der Waals surface area contributed by atoms with Crippen molar-refractivity contribution >= 4 is 18.0 Å². The summed E-state index contributed by atoms with van der Waals surface area (Å²) in [5.74, 6) is -0.842. The van der Waals surface area contributed by atoms with Crippen molar-refractivity contribution in [1.82, 2.24) is 5.01 Å². The molecule has 158 valence electrons. The fraction of sp³-hybridized carbons (Fsp3) is 0.222. The second-order valence-electron chi connectivity index (χ2n) is 8.47. The number of hydrogen-bond donors (Lipinski definition) is 0. The summed E-state index contributed by atoms with van der Waals surface area (Å²) in [7, 11) is 0. The lowest BCUT2D eigenvalue weighted by Gasteiger charge is -2.45. The standard InChI is InChI=1S/C27H22N2O3/c1-2-32-21-14-8-3-9-16(21)15-28-29-26(30)24-22-17-10-4-5-11-18(17)23(25(24)27(29)31)20-13-7-6-12-19(20)22/h3-15,22-25H,2H2,1H3/b28-15-/t22?,23?,24-,25-/m0/s1. The summed E-state index contributed by atoms with van der Waals surface area (Å²) in [4.78, 5) is 27.1. The molecule has 2 atom stereocenters. The Bertz CT molecular complexity index is 1170. The van der Waals surface area contributed by atoms with Crippen molar-refractivity contribution in [3.63, 3.8) is 0 Å². The Labute approximate surface area is 186 Å². The van der Waals surface area contributed by atoms with E-state index in [1.54, 1.807) is 6.21 Å². The average molecular weight is 422 g/mol. The minimum absolute atomic E-state index is 0.121. The van der Waals surface area contributed by atoms with Crippen molar-refractivity contribution in [2.75, 3.05) is 6.61 Å². The molecule has 0 aromatic heterocycles. The van der Waals surface area contributed by atoms with Gasteiger partial charge in [-0.3, -0.25) is 9.59 Å². The number of carbonyl (C=O) groups is 2. The molecule has 0 spiro atoms. The molecule has 0 N–H and O–H groups in total. The molecule has 7 rings (SSSR count). The van der Waals surface area contributed by atoms with E-state index < -0.39 is 11.8 Å². The molecular formula is C27H22N2O3. The molecule has 1 aliphatic heterocycles. The molecule has 5 nitrogen and oxygen atoms in total. The van der Waals surface area contributed by atoms with Gasteiger partial charge in [-0.05, 0) is 41.3 Å². The molecule has 1 heterocycles. The predicted molar refractivity (Wildman–Crippen MR) is 121 cm³/mol. The second-order valence-corrected chi connectivity index (χ2v) is 8.47. The van der Waals surface area contributed by atoms with Crippen LogP contribution in [0.3, 0.4) is 0 Å². The van der Waals surface area contributed by atoms with Gasteiger partial charge in [-0.15, -0.1) is 0 Å². The van der Waals surface area contributed by atoms with E-state index in [1.807, 2.05) is 55.5 Å². The number of para-hydroxylation sites is 1. The van der Waals surface area contributed by atoms with Crippen molar-refractivity contribution in [3.05, 3.63) is 101 Å². The van der Waals surface area contributed by atoms with E-state index in [0.717, 1.165) is 32.8 Å². The lowest BCUT2D eigenvalue weighted by molar-refractivity contribution is -0.139. The molecule has 3 aliphatic carbocycles. The zero-order valence-electron chi connectivity index (χ0n) is 17.6. The van der Waals surface area contributed by atoms with Gasteiger partial charge in [0, 0.05) is 17.4 Å². The van der Waals surface area contributed by atoms with Crippen LogP contribution in [0, 0.1) is 11.8 Å². The van der Waals surface area contributed by atoms with Gasteiger partial charge in [0.1, 0.15) is 5.75 Å². The smallest absolute Gasteiger partial charge is 0.254 e. The summed E-state index contributed by atoms with van der Waals surface area (Å²) in [5.41, 5.74) is 5.37. The van der Waals surface area contributed by atoms with E-state index in [1.165, 1.54) is 0 Å². The van der Waals surface area contributed by atoms with Crippen LogP contribution in [0.25, 0.3) is 0 Å². The number of ether oxygens (including phenoxy) is 1. The Kier molecular flexibility index (Phi) is 4.25. The van der Waals surface area contributed by atoms with Gasteiger partial charge >= 0.3 is 0 Å². The molecule has 1 fully saturated rings. The topological polar surface area (TPSA) is 59.0 Å². The zero-order chi connectivity index (χ0) is 21.8. The Morgan fingerprint density at radius 3 is 1.75 bits per heavy atom. The van der Waals surface area contributed by atoms with Crippen molar-refractivity contribution < 1.29 is 14.3 Å². The van der Waals surface area contributed by atoms with Crippen molar-refractivity contribution in [3.8, 4) is 5.75 Å². The molecule has 0 unspecified atom stereocenters. The molecule has 2 bridgehead atoms. The number of hydrogen-bond acceptors (Lipinski definition) is 4. The zero-order valence-corrected chi connectivity index (χ0v) is 17.6. The number of imide groups is 1. The molecule has 0 radical (unpaired) electrons. The molecule has 32 heavy (non-hydrogen) atoms. The summed E-state index contributed by atoms with van der Waals surface area (Å²) in [6, 6.07) is 23.9. The van der Waals surface area contributed by atoms with Gasteiger partial charge in [-0.2, -0.15) is 10.1 Å².